The van der Waals surface area contributed by atoms with Crippen molar-refractivity contribution in [3.63, 3.8) is 0 Å². The number of H-pyrrole nitrogens is 1. The van der Waals surface area contributed by atoms with Gasteiger partial charge in [-0.15, -0.1) is 0 Å². The monoisotopic (exact) mass is 966 g/mol. The van der Waals surface area contributed by atoms with Crippen molar-refractivity contribution >= 4 is 17.8 Å². The molecule has 0 bridgehead atoms. The van der Waals surface area contributed by atoms with Gasteiger partial charge in [0.1, 0.15) is 28.7 Å². The number of esters is 2. The van der Waals surface area contributed by atoms with Gasteiger partial charge in [0, 0.05) is 60.8 Å². The predicted octanol–water partition coefficient (Wildman–Crippen LogP) is 10.6. The summed E-state index contributed by atoms with van der Waals surface area (Å²) < 4.78 is 40.6. The minimum absolute atomic E-state index is 0.136. The number of carbonyl (C=O) groups excluding carboxylic acids is 3. The molecular weight excluding hydrogens is 916 g/mol. The van der Waals surface area contributed by atoms with Gasteiger partial charge in [-0.25, -0.2) is 14.2 Å². The molecule has 0 saturated heterocycles. The van der Waals surface area contributed by atoms with Crippen molar-refractivity contribution in [2.75, 3.05) is 13.2 Å². The minimum atomic E-state index is -1.39. The van der Waals surface area contributed by atoms with E-state index in [4.69, 9.17) is 23.9 Å². The molecule has 0 fully saturated rings. The summed E-state index contributed by atoms with van der Waals surface area (Å²) in [5.41, 5.74) is 5.81. The molecule has 13 nitrogen and oxygen atoms in total. The Balaban J connectivity index is 0.700. The lowest BCUT2D eigenvalue weighted by Gasteiger charge is -2.36. The number of aromatic amines is 1. The Labute approximate surface area is 414 Å². The Kier molecular flexibility index (Phi) is 13.1. The summed E-state index contributed by atoms with van der Waals surface area (Å²) in [7, 11) is 0. The third-order valence-corrected chi connectivity index (χ3v) is 13.1. The Morgan fingerprint density at radius 1 is 0.792 bits per heavy atom. The van der Waals surface area contributed by atoms with E-state index in [1.807, 2.05) is 55.5 Å². The van der Waals surface area contributed by atoms with Crippen LogP contribution in [0.25, 0.3) is 17.1 Å². The van der Waals surface area contributed by atoms with Crippen LogP contribution in [-0.2, 0) is 28.0 Å². The minimum Gasteiger partial charge on any atom is -0.508 e. The normalized spacial score (nSPS) is 14.3. The number of nitrogens with one attached hydrogen (secondary N) is 2. The number of halogens is 1. The third kappa shape index (κ3) is 9.55. The molecule has 0 aliphatic carbocycles. The molecule has 10 rings (SSSR count). The van der Waals surface area contributed by atoms with E-state index in [0.717, 1.165) is 60.9 Å². The number of hydrogen-bond acceptors (Lipinski definition) is 10. The van der Waals surface area contributed by atoms with E-state index in [2.05, 4.69) is 10.3 Å². The van der Waals surface area contributed by atoms with E-state index in [0.29, 0.717) is 81.7 Å². The van der Waals surface area contributed by atoms with E-state index in [9.17, 15) is 24.3 Å². The first kappa shape index (κ1) is 47.2. The van der Waals surface area contributed by atoms with Crippen LogP contribution < -0.4 is 25.1 Å². The molecular formula is C58H51FN4O9. The van der Waals surface area contributed by atoms with Gasteiger partial charge in [0.05, 0.1) is 23.6 Å². The fourth-order valence-corrected chi connectivity index (χ4v) is 9.57. The van der Waals surface area contributed by atoms with Crippen molar-refractivity contribution in [1.29, 1.82) is 0 Å². The number of rotatable bonds is 17. The largest absolute Gasteiger partial charge is 0.508 e. The SMILES string of the molecule is CC(=O)Oc1ccc2c(c1)Oc1cc(C)ccc1C21OC(=O)c2ccc(C(=O)NCCCCCCCCOc3ccc(Cc4nc5c(Cc6ccccc6)[nH]c(-c6ccc(O)cc6)cn-5c4=O)cc3F)cc21. The number of benzene rings is 6. The second-order valence-corrected chi connectivity index (χ2v) is 18.3. The first-order chi connectivity index (χ1) is 34.9. The van der Waals surface area contributed by atoms with E-state index in [1.165, 1.54) is 17.6 Å². The van der Waals surface area contributed by atoms with Gasteiger partial charge in [0.15, 0.2) is 23.0 Å². The van der Waals surface area contributed by atoms with E-state index in [-0.39, 0.29) is 35.1 Å². The summed E-state index contributed by atoms with van der Waals surface area (Å²) in [6.45, 7) is 4.06. The van der Waals surface area contributed by atoms with Crippen LogP contribution in [0.15, 0.2) is 138 Å². The van der Waals surface area contributed by atoms with Crippen molar-refractivity contribution in [3.8, 4) is 45.8 Å². The molecule has 4 heterocycles. The van der Waals surface area contributed by atoms with E-state index >= 15 is 4.39 Å². The third-order valence-electron chi connectivity index (χ3n) is 13.1. The van der Waals surface area contributed by atoms with Crippen LogP contribution >= 0.6 is 0 Å². The quantitative estimate of drug-likeness (QED) is 0.0453. The number of amides is 1. The maximum Gasteiger partial charge on any atom is 0.340 e. The summed E-state index contributed by atoms with van der Waals surface area (Å²) in [5.74, 6) is 0.125. The second kappa shape index (κ2) is 20.1. The number of hydrogen-bond donors (Lipinski definition) is 3. The van der Waals surface area contributed by atoms with Gasteiger partial charge in [-0.3, -0.25) is 19.0 Å². The van der Waals surface area contributed by atoms with Crippen LogP contribution in [-0.4, -0.2) is 50.6 Å². The average molecular weight is 967 g/mol. The number of unbranched alkanes of at least 4 members (excludes halogenated alkanes) is 5. The van der Waals surface area contributed by atoms with Crippen molar-refractivity contribution in [1.82, 2.24) is 19.9 Å². The van der Waals surface area contributed by atoms with Crippen LogP contribution in [0.1, 0.15) is 111 Å². The zero-order valence-electron chi connectivity index (χ0n) is 39.8. The molecule has 0 saturated carbocycles. The van der Waals surface area contributed by atoms with Crippen LogP contribution in [0.4, 0.5) is 4.39 Å². The van der Waals surface area contributed by atoms with Crippen LogP contribution in [0.5, 0.6) is 28.7 Å². The van der Waals surface area contributed by atoms with Crippen LogP contribution in [0.3, 0.4) is 0 Å². The molecule has 4 aliphatic heterocycles. The molecule has 0 aromatic heterocycles. The summed E-state index contributed by atoms with van der Waals surface area (Å²) in [6.07, 6.45) is 7.56. The summed E-state index contributed by atoms with van der Waals surface area (Å²) in [4.78, 5) is 60.7. The highest BCUT2D eigenvalue weighted by Crippen LogP contribution is 2.57. The highest BCUT2D eigenvalue weighted by molar-refractivity contribution is 6.00. The van der Waals surface area contributed by atoms with Gasteiger partial charge in [0.2, 0.25) is 0 Å². The maximum absolute atomic E-state index is 15.4. The highest BCUT2D eigenvalue weighted by Gasteiger charge is 2.54. The molecule has 4 aliphatic rings. The van der Waals surface area contributed by atoms with E-state index in [1.54, 1.807) is 79.0 Å². The Bertz CT molecular complexity index is 3390. The maximum atomic E-state index is 15.4. The fourth-order valence-electron chi connectivity index (χ4n) is 9.57. The number of aromatic nitrogens is 3. The number of carbonyl (C=O) groups is 3. The number of aryl methyl sites for hydroxylation is 1. The first-order valence-corrected chi connectivity index (χ1v) is 24.1. The van der Waals surface area contributed by atoms with Gasteiger partial charge < -0.3 is 34.4 Å². The second-order valence-electron chi connectivity index (χ2n) is 18.3. The number of nitrogens with zero attached hydrogens (tertiary/aromatic N) is 2. The standard InChI is InChI=1S/C58H51FN4O9/c1-35-14-23-44-52(28-35)71-53-33-42(70-36(2)64)21-24-45(53)58(44)46-32-40(18-22-43(46)57(68)72-58)55(66)60-26-10-5-3-4-6-11-27-69-51-25-15-38(29-47(51)59)31-49-56(67)63-34-50(39-16-19-41(65)20-17-39)61-48(54(63)62-49)30-37-12-8-7-9-13-37/h7-9,12-25,28-29,32-34,61,65H,3-6,10-11,26-27,30-31H2,1-2H3,(H,60,66). The average Bonchev–Trinajstić information content (AvgIpc) is 3.84. The molecule has 14 heteroatoms. The topological polar surface area (TPSA) is 171 Å². The zero-order valence-corrected chi connectivity index (χ0v) is 39.8. The Morgan fingerprint density at radius 2 is 1.54 bits per heavy atom. The van der Waals surface area contributed by atoms with Gasteiger partial charge >= 0.3 is 11.9 Å². The molecule has 1 atom stereocenters. The molecule has 1 unspecified atom stereocenters. The molecule has 3 N–H and O–H groups in total. The van der Waals surface area contributed by atoms with Gasteiger partial charge in [-0.05, 0) is 115 Å². The zero-order chi connectivity index (χ0) is 49.9. The summed E-state index contributed by atoms with van der Waals surface area (Å²) in [5, 5.41) is 12.9. The number of imidazole rings is 1. The lowest BCUT2D eigenvalue weighted by Crippen LogP contribution is -2.33. The molecule has 0 radical (unpaired) electrons. The highest BCUT2D eigenvalue weighted by atomic mass is 19.1. The summed E-state index contributed by atoms with van der Waals surface area (Å²) >= 11 is 0. The van der Waals surface area contributed by atoms with Gasteiger partial charge in [-0.2, -0.15) is 0 Å². The molecule has 6 aromatic rings. The van der Waals surface area contributed by atoms with Crippen LogP contribution in [0, 0.1) is 12.7 Å². The Morgan fingerprint density at radius 3 is 2.32 bits per heavy atom. The lowest BCUT2D eigenvalue weighted by atomic mass is 9.77. The lowest BCUT2D eigenvalue weighted by molar-refractivity contribution is -0.131. The first-order valence-electron chi connectivity index (χ1n) is 24.1. The number of phenols is 1. The number of aromatic hydroxyl groups is 1. The fraction of sp³-hybridized carbons (Fsp3) is 0.224. The predicted molar refractivity (Wildman–Crippen MR) is 267 cm³/mol. The molecule has 1 amide bonds. The van der Waals surface area contributed by atoms with Crippen molar-refractivity contribution in [2.45, 2.75) is 70.8 Å². The molecule has 72 heavy (non-hydrogen) atoms. The molecule has 364 valence electrons. The van der Waals surface area contributed by atoms with E-state index < -0.39 is 23.4 Å². The smallest absolute Gasteiger partial charge is 0.340 e. The van der Waals surface area contributed by atoms with Gasteiger partial charge in [-0.1, -0.05) is 74.2 Å². The van der Waals surface area contributed by atoms with Crippen molar-refractivity contribution in [2.24, 2.45) is 0 Å². The van der Waals surface area contributed by atoms with Gasteiger partial charge in [0.25, 0.3) is 11.5 Å². The van der Waals surface area contributed by atoms with Crippen LogP contribution in [0.2, 0.25) is 0 Å². The number of fused-ring (bicyclic) bond motifs is 7. The summed E-state index contributed by atoms with van der Waals surface area (Å²) in [6, 6.07) is 36.9. The molecule has 1 spiro atoms. The van der Waals surface area contributed by atoms with Crippen molar-refractivity contribution < 1.29 is 42.8 Å². The molecule has 6 aromatic carbocycles. The number of ether oxygens (including phenoxy) is 4. The number of phenolic OH excluding ortho intramolecular Hbond substituents is 1. The van der Waals surface area contributed by atoms with Crippen molar-refractivity contribution in [3.05, 3.63) is 206 Å². The Hall–Kier alpha value is -8.52.